The summed E-state index contributed by atoms with van der Waals surface area (Å²) in [6.07, 6.45) is 6.63. The Morgan fingerprint density at radius 1 is 1.04 bits per heavy atom. The molecule has 0 bridgehead atoms. The van der Waals surface area contributed by atoms with E-state index in [-0.39, 0.29) is 5.91 Å². The van der Waals surface area contributed by atoms with Crippen molar-refractivity contribution >= 4 is 23.4 Å². The molecule has 1 N–H and O–H groups in total. The second-order valence-electron chi connectivity index (χ2n) is 5.64. The summed E-state index contributed by atoms with van der Waals surface area (Å²) < 4.78 is 3.50. The Morgan fingerprint density at radius 2 is 1.81 bits per heavy atom. The van der Waals surface area contributed by atoms with E-state index < -0.39 is 0 Å². The van der Waals surface area contributed by atoms with Crippen LogP contribution in [0.1, 0.15) is 10.5 Å². The van der Waals surface area contributed by atoms with Gasteiger partial charge in [0.15, 0.2) is 5.16 Å². The zero-order chi connectivity index (χ0) is 18.6. The quantitative estimate of drug-likeness (QED) is 0.540. The standard InChI is InChI=1S/C19H16N6OS/c1-27-19-21-11-17(25(19)16-5-3-2-4-6-16)18(26)23-14-7-9-15(10-8-14)24-13-20-12-22-24/h2-13H,1H3,(H,23,26). The van der Waals surface area contributed by atoms with E-state index in [2.05, 4.69) is 20.4 Å². The minimum absolute atomic E-state index is 0.222. The minimum Gasteiger partial charge on any atom is -0.321 e. The number of hydrogen-bond donors (Lipinski definition) is 1. The predicted octanol–water partition coefficient (Wildman–Crippen LogP) is 3.43. The Morgan fingerprint density at radius 3 is 2.48 bits per heavy atom. The maximum atomic E-state index is 12.8. The fraction of sp³-hybridized carbons (Fsp3) is 0.0526. The number of carbonyl (C=O) groups is 1. The first-order valence-corrected chi connectivity index (χ1v) is 9.42. The second kappa shape index (κ2) is 7.46. The molecule has 0 radical (unpaired) electrons. The number of thioether (sulfide) groups is 1. The fourth-order valence-electron chi connectivity index (χ4n) is 2.70. The molecular weight excluding hydrogens is 360 g/mol. The monoisotopic (exact) mass is 376 g/mol. The van der Waals surface area contributed by atoms with Gasteiger partial charge in [0.2, 0.25) is 0 Å². The van der Waals surface area contributed by atoms with Crippen LogP contribution in [0.3, 0.4) is 0 Å². The molecule has 0 aliphatic rings. The molecule has 2 aromatic carbocycles. The molecule has 2 aromatic heterocycles. The van der Waals surface area contributed by atoms with E-state index in [1.807, 2.05) is 65.4 Å². The van der Waals surface area contributed by atoms with Crippen LogP contribution in [0.25, 0.3) is 11.4 Å². The van der Waals surface area contributed by atoms with Gasteiger partial charge in [-0.15, -0.1) is 0 Å². The number of hydrogen-bond acceptors (Lipinski definition) is 5. The van der Waals surface area contributed by atoms with Crippen LogP contribution >= 0.6 is 11.8 Å². The molecule has 0 unspecified atom stereocenters. The van der Waals surface area contributed by atoms with Crippen molar-refractivity contribution in [2.24, 2.45) is 0 Å². The summed E-state index contributed by atoms with van der Waals surface area (Å²) in [4.78, 5) is 21.1. The maximum Gasteiger partial charge on any atom is 0.274 e. The highest BCUT2D eigenvalue weighted by molar-refractivity contribution is 7.98. The Bertz CT molecular complexity index is 1040. The molecule has 0 saturated heterocycles. The molecule has 27 heavy (non-hydrogen) atoms. The number of benzene rings is 2. The summed E-state index contributed by atoms with van der Waals surface area (Å²) in [7, 11) is 0. The molecule has 1 amide bonds. The number of rotatable bonds is 5. The van der Waals surface area contributed by atoms with Gasteiger partial charge in [0, 0.05) is 11.4 Å². The lowest BCUT2D eigenvalue weighted by Gasteiger charge is -2.11. The number of nitrogens with one attached hydrogen (secondary N) is 1. The first-order valence-electron chi connectivity index (χ1n) is 8.20. The van der Waals surface area contributed by atoms with E-state index in [4.69, 9.17) is 0 Å². The van der Waals surface area contributed by atoms with Crippen molar-refractivity contribution in [2.45, 2.75) is 5.16 Å². The van der Waals surface area contributed by atoms with Crippen LogP contribution in [-0.4, -0.2) is 36.5 Å². The molecule has 7 nitrogen and oxygen atoms in total. The van der Waals surface area contributed by atoms with Gasteiger partial charge in [-0.2, -0.15) is 5.10 Å². The average molecular weight is 376 g/mol. The van der Waals surface area contributed by atoms with E-state index in [1.165, 1.54) is 18.1 Å². The molecule has 0 aliphatic carbocycles. The topological polar surface area (TPSA) is 77.6 Å². The summed E-state index contributed by atoms with van der Waals surface area (Å²) in [5.74, 6) is -0.222. The summed E-state index contributed by atoms with van der Waals surface area (Å²) in [6.45, 7) is 0. The van der Waals surface area contributed by atoms with Crippen LogP contribution in [0, 0.1) is 0 Å². The first-order chi connectivity index (χ1) is 13.3. The number of anilines is 1. The van der Waals surface area contributed by atoms with Gasteiger partial charge in [0.05, 0.1) is 11.9 Å². The van der Waals surface area contributed by atoms with Gasteiger partial charge in [-0.3, -0.25) is 9.36 Å². The summed E-state index contributed by atoms with van der Waals surface area (Å²) in [5.41, 5.74) is 2.93. The molecule has 4 aromatic rings. The lowest BCUT2D eigenvalue weighted by Crippen LogP contribution is -2.16. The molecule has 2 heterocycles. The fourth-order valence-corrected chi connectivity index (χ4v) is 3.24. The largest absolute Gasteiger partial charge is 0.321 e. The number of aromatic nitrogens is 5. The van der Waals surface area contributed by atoms with Crippen LogP contribution in [0.4, 0.5) is 5.69 Å². The van der Waals surface area contributed by atoms with Crippen molar-refractivity contribution in [2.75, 3.05) is 11.6 Å². The maximum absolute atomic E-state index is 12.8. The highest BCUT2D eigenvalue weighted by Crippen LogP contribution is 2.22. The van der Waals surface area contributed by atoms with E-state index in [1.54, 1.807) is 17.2 Å². The van der Waals surface area contributed by atoms with Crippen molar-refractivity contribution in [1.29, 1.82) is 0 Å². The summed E-state index contributed by atoms with van der Waals surface area (Å²) in [6, 6.07) is 17.1. The number of carbonyl (C=O) groups excluding carboxylic acids is 1. The molecule has 0 spiro atoms. The average Bonchev–Trinajstić information content (AvgIpc) is 3.39. The third-order valence-electron chi connectivity index (χ3n) is 3.97. The molecule has 0 saturated carbocycles. The molecule has 0 aliphatic heterocycles. The zero-order valence-electron chi connectivity index (χ0n) is 14.5. The third-order valence-corrected chi connectivity index (χ3v) is 4.62. The third kappa shape index (κ3) is 3.47. The van der Waals surface area contributed by atoms with Crippen molar-refractivity contribution in [3.05, 3.63) is 79.1 Å². The SMILES string of the molecule is CSc1ncc(C(=O)Nc2ccc(-n3cncn3)cc2)n1-c1ccccc1. The van der Waals surface area contributed by atoms with Gasteiger partial charge < -0.3 is 5.32 Å². The van der Waals surface area contributed by atoms with Crippen LogP contribution in [0.2, 0.25) is 0 Å². The number of nitrogens with zero attached hydrogens (tertiary/aromatic N) is 5. The zero-order valence-corrected chi connectivity index (χ0v) is 15.3. The van der Waals surface area contributed by atoms with E-state index >= 15 is 0 Å². The predicted molar refractivity (Wildman–Crippen MR) is 105 cm³/mol. The first kappa shape index (κ1) is 17.0. The highest BCUT2D eigenvalue weighted by atomic mass is 32.2. The van der Waals surface area contributed by atoms with Crippen molar-refractivity contribution in [3.63, 3.8) is 0 Å². The Hall–Kier alpha value is -3.39. The highest BCUT2D eigenvalue weighted by Gasteiger charge is 2.17. The van der Waals surface area contributed by atoms with Crippen LogP contribution in [0.15, 0.2) is 78.6 Å². The lowest BCUT2D eigenvalue weighted by atomic mass is 10.2. The minimum atomic E-state index is -0.222. The smallest absolute Gasteiger partial charge is 0.274 e. The molecule has 0 fully saturated rings. The lowest BCUT2D eigenvalue weighted by molar-refractivity contribution is 0.102. The van der Waals surface area contributed by atoms with Crippen LogP contribution in [0.5, 0.6) is 0 Å². The van der Waals surface area contributed by atoms with Crippen LogP contribution < -0.4 is 5.32 Å². The van der Waals surface area contributed by atoms with E-state index in [0.29, 0.717) is 11.4 Å². The normalized spacial score (nSPS) is 10.7. The number of para-hydroxylation sites is 1. The summed E-state index contributed by atoms with van der Waals surface area (Å²) in [5, 5.41) is 7.77. The van der Waals surface area contributed by atoms with Gasteiger partial charge in [-0.1, -0.05) is 30.0 Å². The Kier molecular flexibility index (Phi) is 4.71. The molecule has 0 atom stereocenters. The summed E-state index contributed by atoms with van der Waals surface area (Å²) >= 11 is 1.49. The van der Waals surface area contributed by atoms with Gasteiger partial charge in [0.1, 0.15) is 18.3 Å². The number of imidazole rings is 1. The Labute approximate surface area is 160 Å². The van der Waals surface area contributed by atoms with Gasteiger partial charge in [0.25, 0.3) is 5.91 Å². The molecule has 134 valence electrons. The molecule has 8 heteroatoms. The Balaban J connectivity index is 1.60. The van der Waals surface area contributed by atoms with Gasteiger partial charge >= 0.3 is 0 Å². The van der Waals surface area contributed by atoms with Gasteiger partial charge in [-0.25, -0.2) is 14.6 Å². The van der Waals surface area contributed by atoms with Crippen molar-refractivity contribution in [3.8, 4) is 11.4 Å². The van der Waals surface area contributed by atoms with Crippen LogP contribution in [-0.2, 0) is 0 Å². The molecular formula is C19H16N6OS. The molecule has 4 rings (SSSR count). The van der Waals surface area contributed by atoms with Gasteiger partial charge in [-0.05, 0) is 42.7 Å². The van der Waals surface area contributed by atoms with E-state index in [9.17, 15) is 4.79 Å². The van der Waals surface area contributed by atoms with Crippen molar-refractivity contribution < 1.29 is 4.79 Å². The second-order valence-corrected chi connectivity index (χ2v) is 6.42. The van der Waals surface area contributed by atoms with E-state index in [0.717, 1.165) is 16.5 Å². The number of amides is 1. The van der Waals surface area contributed by atoms with Crippen molar-refractivity contribution in [1.82, 2.24) is 24.3 Å².